The topological polar surface area (TPSA) is 55.6 Å². The average molecular weight is 265 g/mol. The Balaban J connectivity index is 1.88. The smallest absolute Gasteiger partial charge is 0.176 e. The van der Waals surface area contributed by atoms with E-state index in [2.05, 4.69) is 33.4 Å². The maximum Gasteiger partial charge on any atom is 0.176 e. The number of nitrogens with one attached hydrogen (secondary N) is 1. The largest absolute Gasteiger partial charge is 0.375 e. The summed E-state index contributed by atoms with van der Waals surface area (Å²) < 4.78 is 1.75. The van der Waals surface area contributed by atoms with Crippen LogP contribution in [-0.4, -0.2) is 19.7 Å². The number of hydrogen-bond donors (Lipinski definition) is 1. The van der Waals surface area contributed by atoms with Crippen molar-refractivity contribution in [1.29, 1.82) is 0 Å². The summed E-state index contributed by atoms with van der Waals surface area (Å²) in [4.78, 5) is 8.54. The maximum absolute atomic E-state index is 4.39. The van der Waals surface area contributed by atoms with Crippen molar-refractivity contribution in [2.45, 2.75) is 13.0 Å². The Labute approximate surface area is 117 Å². The molecule has 100 valence electrons. The van der Waals surface area contributed by atoms with Crippen LogP contribution >= 0.6 is 0 Å². The molecular weight excluding hydrogens is 250 g/mol. The van der Waals surface area contributed by atoms with Gasteiger partial charge in [0.15, 0.2) is 5.82 Å². The highest BCUT2D eigenvalue weighted by Crippen LogP contribution is 2.22. The van der Waals surface area contributed by atoms with Crippen LogP contribution in [0, 0.1) is 0 Å². The van der Waals surface area contributed by atoms with Crippen LogP contribution in [0.15, 0.2) is 61.3 Å². The predicted molar refractivity (Wildman–Crippen MR) is 77.6 cm³/mol. The summed E-state index contributed by atoms with van der Waals surface area (Å²) in [6.45, 7) is 2.09. The standard InChI is InChI=1S/C15H15N5/c1-12(13-5-2-7-16-11-13)19-14-6-3-8-17-15(14)20-10-4-9-18-20/h2-12,19H,1H3. The minimum atomic E-state index is 0.141. The second kappa shape index (κ2) is 5.52. The summed E-state index contributed by atoms with van der Waals surface area (Å²) in [5.41, 5.74) is 2.07. The molecule has 0 saturated heterocycles. The van der Waals surface area contributed by atoms with Gasteiger partial charge in [0.1, 0.15) is 0 Å². The van der Waals surface area contributed by atoms with Crippen molar-refractivity contribution in [1.82, 2.24) is 19.7 Å². The third-order valence-electron chi connectivity index (χ3n) is 3.06. The van der Waals surface area contributed by atoms with Crippen LogP contribution < -0.4 is 5.32 Å². The van der Waals surface area contributed by atoms with Gasteiger partial charge in [-0.3, -0.25) is 4.98 Å². The highest BCUT2D eigenvalue weighted by molar-refractivity contribution is 5.57. The lowest BCUT2D eigenvalue weighted by atomic mass is 10.1. The van der Waals surface area contributed by atoms with Gasteiger partial charge in [0.2, 0.25) is 0 Å². The third kappa shape index (κ3) is 2.51. The summed E-state index contributed by atoms with van der Waals surface area (Å²) in [5.74, 6) is 0.785. The zero-order chi connectivity index (χ0) is 13.8. The SMILES string of the molecule is CC(Nc1cccnc1-n1cccn1)c1cccnc1. The van der Waals surface area contributed by atoms with Crippen molar-refractivity contribution >= 4 is 5.69 Å². The van der Waals surface area contributed by atoms with E-state index < -0.39 is 0 Å². The van der Waals surface area contributed by atoms with Gasteiger partial charge >= 0.3 is 0 Å². The number of nitrogens with zero attached hydrogens (tertiary/aromatic N) is 4. The number of rotatable bonds is 4. The number of aromatic nitrogens is 4. The second-order valence-corrected chi connectivity index (χ2v) is 4.48. The molecule has 1 atom stereocenters. The molecule has 5 nitrogen and oxygen atoms in total. The molecule has 0 aliphatic carbocycles. The van der Waals surface area contributed by atoms with E-state index in [1.54, 1.807) is 23.3 Å². The Kier molecular flexibility index (Phi) is 3.41. The summed E-state index contributed by atoms with van der Waals surface area (Å²) >= 11 is 0. The molecule has 0 amide bonds. The van der Waals surface area contributed by atoms with E-state index in [9.17, 15) is 0 Å². The molecule has 1 N–H and O–H groups in total. The highest BCUT2D eigenvalue weighted by atomic mass is 15.3. The van der Waals surface area contributed by atoms with Gasteiger partial charge in [0, 0.05) is 31.0 Å². The first-order valence-corrected chi connectivity index (χ1v) is 6.46. The molecule has 20 heavy (non-hydrogen) atoms. The fraction of sp³-hybridized carbons (Fsp3) is 0.133. The summed E-state index contributed by atoms with van der Waals surface area (Å²) in [6, 6.07) is 9.91. The fourth-order valence-electron chi connectivity index (χ4n) is 2.03. The first kappa shape index (κ1) is 12.3. The van der Waals surface area contributed by atoms with E-state index in [0.29, 0.717) is 0 Å². The lowest BCUT2D eigenvalue weighted by molar-refractivity contribution is 0.827. The van der Waals surface area contributed by atoms with Crippen molar-refractivity contribution in [2.24, 2.45) is 0 Å². The van der Waals surface area contributed by atoms with Gasteiger partial charge in [0.05, 0.1) is 11.7 Å². The first-order valence-electron chi connectivity index (χ1n) is 6.46. The molecular formula is C15H15N5. The number of hydrogen-bond acceptors (Lipinski definition) is 4. The molecule has 5 heteroatoms. The van der Waals surface area contributed by atoms with Crippen molar-refractivity contribution in [3.8, 4) is 5.82 Å². The lowest BCUT2D eigenvalue weighted by Crippen LogP contribution is -2.10. The maximum atomic E-state index is 4.39. The molecule has 0 saturated carbocycles. The summed E-state index contributed by atoms with van der Waals surface area (Å²) in [6.07, 6.45) is 9.01. The Morgan fingerprint density at radius 3 is 2.75 bits per heavy atom. The normalized spacial score (nSPS) is 12.1. The zero-order valence-corrected chi connectivity index (χ0v) is 11.1. The summed E-state index contributed by atoms with van der Waals surface area (Å²) in [7, 11) is 0. The van der Waals surface area contributed by atoms with Crippen LogP contribution in [0.5, 0.6) is 0 Å². The Hall–Kier alpha value is -2.69. The molecule has 3 aromatic rings. The van der Waals surface area contributed by atoms with Crippen LogP contribution in [0.2, 0.25) is 0 Å². The van der Waals surface area contributed by atoms with E-state index in [4.69, 9.17) is 0 Å². The Morgan fingerprint density at radius 2 is 2.00 bits per heavy atom. The van der Waals surface area contributed by atoms with E-state index in [-0.39, 0.29) is 6.04 Å². The molecule has 0 bridgehead atoms. The van der Waals surface area contributed by atoms with Crippen molar-refractivity contribution in [3.63, 3.8) is 0 Å². The Bertz CT molecular complexity index is 664. The average Bonchev–Trinajstić information content (AvgIpc) is 3.03. The molecule has 0 aromatic carbocycles. The molecule has 0 fully saturated rings. The van der Waals surface area contributed by atoms with Crippen LogP contribution in [0.4, 0.5) is 5.69 Å². The van der Waals surface area contributed by atoms with Gasteiger partial charge in [-0.25, -0.2) is 9.67 Å². The number of anilines is 1. The highest BCUT2D eigenvalue weighted by Gasteiger charge is 2.10. The first-order chi connectivity index (χ1) is 9.84. The Morgan fingerprint density at radius 1 is 1.10 bits per heavy atom. The second-order valence-electron chi connectivity index (χ2n) is 4.48. The van der Waals surface area contributed by atoms with Crippen LogP contribution in [-0.2, 0) is 0 Å². The minimum Gasteiger partial charge on any atom is -0.375 e. The van der Waals surface area contributed by atoms with Crippen LogP contribution in [0.3, 0.4) is 0 Å². The summed E-state index contributed by atoms with van der Waals surface area (Å²) in [5, 5.41) is 7.68. The van der Waals surface area contributed by atoms with Gasteiger partial charge in [-0.1, -0.05) is 6.07 Å². The van der Waals surface area contributed by atoms with E-state index in [0.717, 1.165) is 17.1 Å². The van der Waals surface area contributed by atoms with Crippen LogP contribution in [0.1, 0.15) is 18.5 Å². The minimum absolute atomic E-state index is 0.141. The van der Waals surface area contributed by atoms with E-state index >= 15 is 0 Å². The van der Waals surface area contributed by atoms with Crippen molar-refractivity contribution in [2.75, 3.05) is 5.32 Å². The number of pyridine rings is 2. The van der Waals surface area contributed by atoms with Gasteiger partial charge in [-0.05, 0) is 36.8 Å². The molecule has 3 rings (SSSR count). The van der Waals surface area contributed by atoms with E-state index in [1.807, 2.05) is 36.7 Å². The molecule has 3 aromatic heterocycles. The molecule has 0 radical (unpaired) electrons. The molecule has 1 unspecified atom stereocenters. The van der Waals surface area contributed by atoms with Gasteiger partial charge < -0.3 is 5.32 Å². The quantitative estimate of drug-likeness (QED) is 0.788. The van der Waals surface area contributed by atoms with E-state index in [1.165, 1.54) is 0 Å². The lowest BCUT2D eigenvalue weighted by Gasteiger charge is -2.17. The third-order valence-corrected chi connectivity index (χ3v) is 3.06. The predicted octanol–water partition coefficient (Wildman–Crippen LogP) is 2.84. The van der Waals surface area contributed by atoms with Gasteiger partial charge in [0.25, 0.3) is 0 Å². The van der Waals surface area contributed by atoms with Crippen molar-refractivity contribution in [3.05, 3.63) is 66.9 Å². The molecule has 0 spiro atoms. The zero-order valence-electron chi connectivity index (χ0n) is 11.1. The van der Waals surface area contributed by atoms with Gasteiger partial charge in [-0.2, -0.15) is 5.10 Å². The monoisotopic (exact) mass is 265 g/mol. The van der Waals surface area contributed by atoms with Crippen molar-refractivity contribution < 1.29 is 0 Å². The molecule has 0 aliphatic rings. The van der Waals surface area contributed by atoms with Gasteiger partial charge in [-0.15, -0.1) is 0 Å². The van der Waals surface area contributed by atoms with Crippen LogP contribution in [0.25, 0.3) is 5.82 Å². The fourth-order valence-corrected chi connectivity index (χ4v) is 2.03. The molecule has 0 aliphatic heterocycles. The molecule has 3 heterocycles.